The Labute approximate surface area is 387 Å². The number of carbonyl (C=O) groups is 3. The lowest BCUT2D eigenvalue weighted by Gasteiger charge is -2.18. The standard InChI is InChI=1S/C57H92O6/c1-4-7-10-13-16-19-22-25-28-31-34-37-40-43-46-49-55(58)61-52-54(63-57(60)51-48-45-42-39-36-33-30-27-24-21-18-15-12-9-6-3)53-62-56(59)50-47-44-41-38-35-32-29-26-23-20-17-14-11-8-5-2/h7,10,16-21,25-30,34,36-37,39,54H,4-6,8-9,11-15,22-24,31-33,35,38,40-53H2,1-3H3/b10-7-,19-16-,20-17-,21-18-,28-25-,29-26-,30-27-,37-34-,39-36-/t54-/m0/s1. The topological polar surface area (TPSA) is 78.9 Å². The molecule has 0 saturated carbocycles. The second-order valence-electron chi connectivity index (χ2n) is 16.3. The van der Waals surface area contributed by atoms with Gasteiger partial charge in [0.2, 0.25) is 0 Å². The highest BCUT2D eigenvalue weighted by Crippen LogP contribution is 2.11. The van der Waals surface area contributed by atoms with Gasteiger partial charge in [0, 0.05) is 19.3 Å². The first-order valence-corrected chi connectivity index (χ1v) is 25.4. The quantitative estimate of drug-likeness (QED) is 0.0263. The first-order valence-electron chi connectivity index (χ1n) is 25.4. The van der Waals surface area contributed by atoms with Crippen molar-refractivity contribution in [2.45, 2.75) is 219 Å². The normalized spacial score (nSPS) is 13.0. The molecule has 0 bridgehead atoms. The van der Waals surface area contributed by atoms with Gasteiger partial charge < -0.3 is 14.2 Å². The van der Waals surface area contributed by atoms with E-state index in [2.05, 4.69) is 130 Å². The first kappa shape index (κ1) is 59.1. The van der Waals surface area contributed by atoms with E-state index in [9.17, 15) is 14.4 Å². The minimum atomic E-state index is -0.822. The monoisotopic (exact) mass is 873 g/mol. The van der Waals surface area contributed by atoms with E-state index in [0.29, 0.717) is 25.7 Å². The van der Waals surface area contributed by atoms with Crippen molar-refractivity contribution in [3.8, 4) is 0 Å². The van der Waals surface area contributed by atoms with Crippen LogP contribution in [0.3, 0.4) is 0 Å². The zero-order valence-corrected chi connectivity index (χ0v) is 40.5. The van der Waals surface area contributed by atoms with E-state index in [1.807, 2.05) is 0 Å². The van der Waals surface area contributed by atoms with Crippen molar-refractivity contribution in [2.75, 3.05) is 13.2 Å². The van der Waals surface area contributed by atoms with Gasteiger partial charge >= 0.3 is 17.9 Å². The maximum absolute atomic E-state index is 12.8. The average Bonchev–Trinajstić information content (AvgIpc) is 3.28. The van der Waals surface area contributed by atoms with E-state index < -0.39 is 6.10 Å². The van der Waals surface area contributed by atoms with E-state index in [1.54, 1.807) is 0 Å². The van der Waals surface area contributed by atoms with Crippen LogP contribution in [0, 0.1) is 0 Å². The van der Waals surface area contributed by atoms with E-state index in [-0.39, 0.29) is 37.5 Å². The fourth-order valence-corrected chi connectivity index (χ4v) is 6.41. The fourth-order valence-electron chi connectivity index (χ4n) is 6.41. The number of carbonyl (C=O) groups excluding carboxylic acids is 3. The van der Waals surface area contributed by atoms with Crippen LogP contribution >= 0.6 is 0 Å². The molecule has 0 rings (SSSR count). The Balaban J connectivity index is 4.56. The van der Waals surface area contributed by atoms with Crippen molar-refractivity contribution < 1.29 is 28.6 Å². The van der Waals surface area contributed by atoms with Gasteiger partial charge in [0.15, 0.2) is 6.10 Å². The molecule has 0 N–H and O–H groups in total. The molecule has 0 aromatic rings. The summed E-state index contributed by atoms with van der Waals surface area (Å²) in [6, 6.07) is 0. The van der Waals surface area contributed by atoms with Gasteiger partial charge in [-0.1, -0.05) is 175 Å². The van der Waals surface area contributed by atoms with Crippen LogP contribution < -0.4 is 0 Å². The Morgan fingerprint density at radius 3 is 1.00 bits per heavy atom. The molecule has 1 atom stereocenters. The molecule has 0 amide bonds. The van der Waals surface area contributed by atoms with E-state index in [0.717, 1.165) is 109 Å². The number of allylic oxidation sites excluding steroid dienone is 18. The van der Waals surface area contributed by atoms with E-state index in [1.165, 1.54) is 51.4 Å². The Hall–Kier alpha value is -3.93. The summed E-state index contributed by atoms with van der Waals surface area (Å²) < 4.78 is 16.7. The summed E-state index contributed by atoms with van der Waals surface area (Å²) in [4.78, 5) is 37.9. The van der Waals surface area contributed by atoms with Gasteiger partial charge in [-0.15, -0.1) is 0 Å². The molecule has 63 heavy (non-hydrogen) atoms. The van der Waals surface area contributed by atoms with Crippen molar-refractivity contribution in [3.63, 3.8) is 0 Å². The summed E-state index contributed by atoms with van der Waals surface area (Å²) in [5, 5.41) is 0. The van der Waals surface area contributed by atoms with Crippen molar-refractivity contribution >= 4 is 17.9 Å². The second kappa shape index (κ2) is 50.7. The van der Waals surface area contributed by atoms with Crippen LogP contribution in [0.1, 0.15) is 213 Å². The molecule has 0 aromatic heterocycles. The highest BCUT2D eigenvalue weighted by molar-refractivity contribution is 5.71. The third kappa shape index (κ3) is 49.0. The third-order valence-electron chi connectivity index (χ3n) is 10.2. The summed E-state index contributed by atoms with van der Waals surface area (Å²) >= 11 is 0. The molecule has 0 unspecified atom stereocenters. The van der Waals surface area contributed by atoms with E-state index in [4.69, 9.17) is 14.2 Å². The average molecular weight is 873 g/mol. The largest absolute Gasteiger partial charge is 0.462 e. The predicted octanol–water partition coefficient (Wildman–Crippen LogP) is 16.8. The smallest absolute Gasteiger partial charge is 0.306 e. The van der Waals surface area contributed by atoms with Crippen molar-refractivity contribution in [3.05, 3.63) is 109 Å². The number of esters is 3. The lowest BCUT2D eigenvalue weighted by molar-refractivity contribution is -0.167. The Bertz CT molecular complexity index is 1330. The Morgan fingerprint density at radius 1 is 0.333 bits per heavy atom. The molecule has 0 aliphatic carbocycles. The van der Waals surface area contributed by atoms with Crippen LogP contribution in [0.5, 0.6) is 0 Å². The van der Waals surface area contributed by atoms with Crippen LogP contribution in [0.4, 0.5) is 0 Å². The summed E-state index contributed by atoms with van der Waals surface area (Å²) in [6.07, 6.45) is 67.8. The van der Waals surface area contributed by atoms with Gasteiger partial charge in [-0.2, -0.15) is 0 Å². The lowest BCUT2D eigenvalue weighted by atomic mass is 10.1. The molecule has 0 aliphatic heterocycles. The van der Waals surface area contributed by atoms with Crippen LogP contribution in [0.25, 0.3) is 0 Å². The predicted molar refractivity (Wildman–Crippen MR) is 270 cm³/mol. The van der Waals surface area contributed by atoms with Crippen molar-refractivity contribution in [1.82, 2.24) is 0 Å². The maximum Gasteiger partial charge on any atom is 0.306 e. The molecule has 0 fully saturated rings. The fraction of sp³-hybridized carbons (Fsp3) is 0.632. The van der Waals surface area contributed by atoms with Crippen LogP contribution in [-0.2, 0) is 28.6 Å². The maximum atomic E-state index is 12.8. The van der Waals surface area contributed by atoms with E-state index >= 15 is 0 Å². The third-order valence-corrected chi connectivity index (χ3v) is 10.2. The molecule has 0 aromatic carbocycles. The van der Waals surface area contributed by atoms with Crippen molar-refractivity contribution in [1.29, 1.82) is 0 Å². The summed E-state index contributed by atoms with van der Waals surface area (Å²) in [5.74, 6) is -1.02. The molecule has 0 saturated heterocycles. The summed E-state index contributed by atoms with van der Waals surface area (Å²) in [6.45, 7) is 6.37. The molecule has 0 spiro atoms. The molecule has 0 heterocycles. The van der Waals surface area contributed by atoms with Gasteiger partial charge in [-0.3, -0.25) is 14.4 Å². The minimum Gasteiger partial charge on any atom is -0.462 e. The van der Waals surface area contributed by atoms with Gasteiger partial charge in [0.1, 0.15) is 13.2 Å². The molecular weight excluding hydrogens is 781 g/mol. The van der Waals surface area contributed by atoms with Crippen LogP contribution in [0.15, 0.2) is 109 Å². The molecule has 356 valence electrons. The second-order valence-corrected chi connectivity index (χ2v) is 16.3. The number of ether oxygens (including phenoxy) is 3. The highest BCUT2D eigenvalue weighted by atomic mass is 16.6. The summed E-state index contributed by atoms with van der Waals surface area (Å²) in [7, 11) is 0. The summed E-state index contributed by atoms with van der Waals surface area (Å²) in [5.41, 5.74) is 0. The van der Waals surface area contributed by atoms with Crippen LogP contribution in [-0.4, -0.2) is 37.2 Å². The number of unbranched alkanes of at least 4 members (excludes halogenated alkanes) is 15. The number of rotatable bonds is 44. The SMILES string of the molecule is CC/C=C\C/C=C\C/C=C\C/C=C\CCCCC(=O)OC[C@@H](COC(=O)CCCCCCC/C=C\C/C=C\CCCCC)OC(=O)CCCC/C=C\C/C=C\C/C=C\CCCCC. The first-order chi connectivity index (χ1) is 31.0. The van der Waals surface area contributed by atoms with Crippen molar-refractivity contribution in [2.24, 2.45) is 0 Å². The highest BCUT2D eigenvalue weighted by Gasteiger charge is 2.19. The molecule has 6 heteroatoms. The molecule has 6 nitrogen and oxygen atoms in total. The van der Waals surface area contributed by atoms with Gasteiger partial charge in [-0.25, -0.2) is 0 Å². The molecular formula is C57H92O6. The Kier molecular flexibility index (Phi) is 47.5. The zero-order chi connectivity index (χ0) is 45.8. The number of hydrogen-bond donors (Lipinski definition) is 0. The van der Waals surface area contributed by atoms with Gasteiger partial charge in [0.05, 0.1) is 0 Å². The van der Waals surface area contributed by atoms with Gasteiger partial charge in [0.25, 0.3) is 0 Å². The van der Waals surface area contributed by atoms with Gasteiger partial charge in [-0.05, 0) is 128 Å². The minimum absolute atomic E-state index is 0.116. The molecule has 0 radical (unpaired) electrons. The number of hydrogen-bond acceptors (Lipinski definition) is 6. The van der Waals surface area contributed by atoms with Crippen LogP contribution in [0.2, 0.25) is 0 Å². The molecule has 0 aliphatic rings. The lowest BCUT2D eigenvalue weighted by Crippen LogP contribution is -2.30. The Morgan fingerprint density at radius 2 is 0.619 bits per heavy atom. The zero-order valence-electron chi connectivity index (χ0n) is 40.5.